The van der Waals surface area contributed by atoms with Gasteiger partial charge in [0.25, 0.3) is 0 Å². The van der Waals surface area contributed by atoms with Gasteiger partial charge in [0.05, 0.1) is 0 Å². The average Bonchev–Trinajstić information content (AvgIpc) is 3.29. The lowest BCUT2D eigenvalue weighted by Crippen LogP contribution is -2.63. The molecule has 0 bridgehead atoms. The van der Waals surface area contributed by atoms with Gasteiger partial charge in [-0.15, -0.1) is 0 Å². The van der Waals surface area contributed by atoms with Crippen molar-refractivity contribution in [2.45, 2.75) is 51.7 Å². The smallest absolute Gasteiger partial charge is 0.246 e. The van der Waals surface area contributed by atoms with Crippen molar-refractivity contribution in [2.24, 2.45) is 5.92 Å². The van der Waals surface area contributed by atoms with E-state index in [1.165, 1.54) is 5.56 Å². The number of amides is 2. The Kier molecular flexibility index (Phi) is 3.70. The van der Waals surface area contributed by atoms with Gasteiger partial charge < -0.3 is 10.2 Å². The third-order valence-electron chi connectivity index (χ3n) is 4.45. The van der Waals surface area contributed by atoms with Gasteiger partial charge in [0, 0.05) is 6.54 Å². The highest BCUT2D eigenvalue weighted by Gasteiger charge is 2.47. The molecule has 1 aromatic rings. The van der Waals surface area contributed by atoms with Gasteiger partial charge in [-0.05, 0) is 37.7 Å². The lowest BCUT2D eigenvalue weighted by Gasteiger charge is -2.39. The van der Waals surface area contributed by atoms with Crippen LogP contribution < -0.4 is 5.32 Å². The van der Waals surface area contributed by atoms with Crippen molar-refractivity contribution in [1.29, 1.82) is 0 Å². The van der Waals surface area contributed by atoms with E-state index in [9.17, 15) is 9.59 Å². The normalized spacial score (nSPS) is 25.9. The first-order chi connectivity index (χ1) is 10.1. The Hall–Kier alpha value is -1.84. The predicted molar refractivity (Wildman–Crippen MR) is 80.5 cm³/mol. The first-order valence-corrected chi connectivity index (χ1v) is 7.76. The van der Waals surface area contributed by atoms with Crippen LogP contribution in [0.25, 0.3) is 0 Å². The molecule has 1 aliphatic carbocycles. The highest BCUT2D eigenvalue weighted by atomic mass is 16.2. The summed E-state index contributed by atoms with van der Waals surface area (Å²) in [6.07, 6.45) is 2.74. The molecule has 1 aliphatic heterocycles. The Morgan fingerprint density at radius 2 is 1.86 bits per heavy atom. The van der Waals surface area contributed by atoms with E-state index in [2.05, 4.69) is 5.32 Å². The van der Waals surface area contributed by atoms with Crippen LogP contribution in [0.15, 0.2) is 24.3 Å². The van der Waals surface area contributed by atoms with Crippen LogP contribution in [0.5, 0.6) is 0 Å². The van der Waals surface area contributed by atoms with Gasteiger partial charge in [-0.25, -0.2) is 0 Å². The second-order valence-corrected chi connectivity index (χ2v) is 6.20. The molecule has 1 saturated heterocycles. The fraction of sp³-hybridized carbons (Fsp3) is 0.529. The fourth-order valence-corrected chi connectivity index (χ4v) is 3.02. The Morgan fingerprint density at radius 3 is 2.43 bits per heavy atom. The zero-order chi connectivity index (χ0) is 15.0. The molecule has 21 heavy (non-hydrogen) atoms. The summed E-state index contributed by atoms with van der Waals surface area (Å²) >= 11 is 0. The minimum Gasteiger partial charge on any atom is -0.343 e. The van der Waals surface area contributed by atoms with E-state index in [1.807, 2.05) is 38.1 Å². The number of rotatable bonds is 4. The Balaban J connectivity index is 1.84. The number of benzene rings is 1. The molecule has 0 radical (unpaired) electrons. The molecule has 112 valence electrons. The summed E-state index contributed by atoms with van der Waals surface area (Å²) in [5, 5.41) is 2.88. The summed E-state index contributed by atoms with van der Waals surface area (Å²) in [7, 11) is 0. The molecule has 2 fully saturated rings. The van der Waals surface area contributed by atoms with Gasteiger partial charge in [-0.2, -0.15) is 0 Å². The third-order valence-corrected chi connectivity index (χ3v) is 4.45. The molecule has 4 nitrogen and oxygen atoms in total. The third kappa shape index (κ3) is 2.80. The summed E-state index contributed by atoms with van der Waals surface area (Å²) in [6, 6.07) is 7.54. The monoisotopic (exact) mass is 286 g/mol. The van der Waals surface area contributed by atoms with E-state index in [1.54, 1.807) is 4.90 Å². The number of hydrogen-bond acceptors (Lipinski definition) is 2. The molecule has 1 heterocycles. The molecule has 1 aromatic carbocycles. The molecule has 3 rings (SSSR count). The maximum Gasteiger partial charge on any atom is 0.246 e. The van der Waals surface area contributed by atoms with Crippen molar-refractivity contribution in [3.63, 3.8) is 0 Å². The first kappa shape index (κ1) is 14.1. The Bertz CT molecular complexity index is 548. The number of piperazine rings is 1. The quantitative estimate of drug-likeness (QED) is 0.920. The van der Waals surface area contributed by atoms with Gasteiger partial charge >= 0.3 is 0 Å². The van der Waals surface area contributed by atoms with Crippen LogP contribution in [0.4, 0.5) is 0 Å². The summed E-state index contributed by atoms with van der Waals surface area (Å²) in [5.41, 5.74) is 2.29. The SMILES string of the molecule is CCC1NC(=O)C(C2CC2)N(Cc2ccc(C)cc2)C1=O. The van der Waals surface area contributed by atoms with Crippen molar-refractivity contribution in [2.75, 3.05) is 0 Å². The molecule has 2 aliphatic rings. The zero-order valence-electron chi connectivity index (χ0n) is 12.6. The number of nitrogens with zero attached hydrogens (tertiary/aromatic N) is 1. The summed E-state index contributed by atoms with van der Waals surface area (Å²) in [4.78, 5) is 26.8. The summed E-state index contributed by atoms with van der Waals surface area (Å²) in [6.45, 7) is 4.51. The van der Waals surface area contributed by atoms with Gasteiger partial charge in [-0.3, -0.25) is 9.59 Å². The van der Waals surface area contributed by atoms with Crippen molar-refractivity contribution < 1.29 is 9.59 Å². The van der Waals surface area contributed by atoms with E-state index in [0.29, 0.717) is 18.9 Å². The Labute approximate surface area is 125 Å². The van der Waals surface area contributed by atoms with Crippen LogP contribution in [0.1, 0.15) is 37.3 Å². The van der Waals surface area contributed by atoms with E-state index in [-0.39, 0.29) is 23.9 Å². The van der Waals surface area contributed by atoms with Crippen LogP contribution in [-0.4, -0.2) is 28.8 Å². The van der Waals surface area contributed by atoms with Crippen LogP contribution in [-0.2, 0) is 16.1 Å². The number of aryl methyl sites for hydroxylation is 1. The number of carbonyl (C=O) groups is 2. The van der Waals surface area contributed by atoms with Gasteiger partial charge in [-0.1, -0.05) is 36.8 Å². The van der Waals surface area contributed by atoms with Gasteiger partial charge in [0.2, 0.25) is 11.8 Å². The zero-order valence-corrected chi connectivity index (χ0v) is 12.6. The topological polar surface area (TPSA) is 49.4 Å². The number of nitrogens with one attached hydrogen (secondary N) is 1. The van der Waals surface area contributed by atoms with Crippen molar-refractivity contribution in [1.82, 2.24) is 10.2 Å². The predicted octanol–water partition coefficient (Wildman–Crippen LogP) is 2.01. The molecule has 2 amide bonds. The minimum absolute atomic E-state index is 0.0241. The second kappa shape index (κ2) is 5.51. The van der Waals surface area contributed by atoms with E-state index in [4.69, 9.17) is 0 Å². The Morgan fingerprint density at radius 1 is 1.19 bits per heavy atom. The van der Waals surface area contributed by atoms with Crippen LogP contribution >= 0.6 is 0 Å². The highest BCUT2D eigenvalue weighted by molar-refractivity contribution is 5.97. The maximum atomic E-state index is 12.6. The van der Waals surface area contributed by atoms with E-state index in [0.717, 1.165) is 18.4 Å². The molecule has 0 aromatic heterocycles. The fourth-order valence-electron chi connectivity index (χ4n) is 3.02. The molecule has 4 heteroatoms. The standard InChI is InChI=1S/C17H22N2O2/c1-3-14-17(21)19(10-12-6-4-11(2)5-7-12)15(13-8-9-13)16(20)18-14/h4-7,13-15H,3,8-10H2,1-2H3,(H,18,20). The summed E-state index contributed by atoms with van der Waals surface area (Å²) < 4.78 is 0. The van der Waals surface area contributed by atoms with Gasteiger partial charge in [0.1, 0.15) is 12.1 Å². The molecular formula is C17H22N2O2. The van der Waals surface area contributed by atoms with Crippen molar-refractivity contribution in [3.05, 3.63) is 35.4 Å². The average molecular weight is 286 g/mol. The molecule has 0 spiro atoms. The van der Waals surface area contributed by atoms with Crippen LogP contribution in [0.2, 0.25) is 0 Å². The molecular weight excluding hydrogens is 264 g/mol. The number of hydrogen-bond donors (Lipinski definition) is 1. The van der Waals surface area contributed by atoms with Gasteiger partial charge in [0.15, 0.2) is 0 Å². The van der Waals surface area contributed by atoms with Crippen LogP contribution in [0.3, 0.4) is 0 Å². The van der Waals surface area contributed by atoms with Crippen molar-refractivity contribution in [3.8, 4) is 0 Å². The molecule has 2 unspecified atom stereocenters. The lowest BCUT2D eigenvalue weighted by atomic mass is 10.0. The van der Waals surface area contributed by atoms with E-state index >= 15 is 0 Å². The largest absolute Gasteiger partial charge is 0.343 e. The second-order valence-electron chi connectivity index (χ2n) is 6.20. The minimum atomic E-state index is -0.363. The molecule has 2 atom stereocenters. The molecule has 1 saturated carbocycles. The van der Waals surface area contributed by atoms with E-state index < -0.39 is 0 Å². The lowest BCUT2D eigenvalue weighted by molar-refractivity contribution is -0.151. The summed E-state index contributed by atoms with van der Waals surface area (Å²) in [5.74, 6) is 0.433. The maximum absolute atomic E-state index is 12.6. The first-order valence-electron chi connectivity index (χ1n) is 7.76. The molecule has 1 N–H and O–H groups in total. The van der Waals surface area contributed by atoms with Crippen molar-refractivity contribution >= 4 is 11.8 Å². The highest BCUT2D eigenvalue weighted by Crippen LogP contribution is 2.37. The number of carbonyl (C=O) groups excluding carboxylic acids is 2. The van der Waals surface area contributed by atoms with Crippen LogP contribution in [0, 0.1) is 12.8 Å².